The van der Waals surface area contributed by atoms with Crippen LogP contribution in [0.3, 0.4) is 0 Å². The number of aliphatic hydroxyl groups is 1. The van der Waals surface area contributed by atoms with E-state index in [1.165, 1.54) is 0 Å². The van der Waals surface area contributed by atoms with Crippen LogP contribution in [-0.2, 0) is 31.4 Å². The number of benzene rings is 1. The third-order valence-electron chi connectivity index (χ3n) is 4.40. The molecule has 0 bridgehead atoms. The molecular weight excluding hydrogens is 434 g/mol. The molecule has 1 N–H and O–H groups in total. The second-order valence-electron chi connectivity index (χ2n) is 8.24. The summed E-state index contributed by atoms with van der Waals surface area (Å²) in [5.74, 6) is -1.70. The minimum absolute atomic E-state index is 0.0288. The molecule has 172 valence electrons. The van der Waals surface area contributed by atoms with Crippen LogP contribution in [0.15, 0.2) is 23.8 Å². The van der Waals surface area contributed by atoms with Crippen molar-refractivity contribution < 1.29 is 50.5 Å². The van der Waals surface area contributed by atoms with Crippen molar-refractivity contribution >= 4 is 18.0 Å². The van der Waals surface area contributed by atoms with Gasteiger partial charge in [-0.2, -0.15) is 26.3 Å². The van der Waals surface area contributed by atoms with Gasteiger partial charge < -0.3 is 14.6 Å². The Hall–Kier alpha value is -2.56. The fourth-order valence-electron chi connectivity index (χ4n) is 2.72. The number of halogens is 6. The molecule has 1 heterocycles. The van der Waals surface area contributed by atoms with Crippen molar-refractivity contribution in [1.82, 2.24) is 0 Å². The largest absolute Gasteiger partial charge is 0.461 e. The van der Waals surface area contributed by atoms with Crippen molar-refractivity contribution in [2.45, 2.75) is 45.1 Å². The SMILES string of the molecule is CC(C)(C)C(=O)OCC1(CO)C/C(=C\c2cc(C(F)(F)F)cc(C(F)(F)F)c2)C(=O)O1. The molecule has 11 heteroatoms. The van der Waals surface area contributed by atoms with Gasteiger partial charge >= 0.3 is 24.3 Å². The molecule has 1 aromatic rings. The van der Waals surface area contributed by atoms with Crippen molar-refractivity contribution in [3.05, 3.63) is 40.5 Å². The highest BCUT2D eigenvalue weighted by molar-refractivity contribution is 5.96. The first-order chi connectivity index (χ1) is 14.0. The van der Waals surface area contributed by atoms with Gasteiger partial charge in [-0.1, -0.05) is 0 Å². The molecule has 1 aliphatic rings. The monoisotopic (exact) mass is 454 g/mol. The molecule has 2 rings (SSSR count). The molecule has 0 aromatic heterocycles. The highest BCUT2D eigenvalue weighted by Crippen LogP contribution is 2.38. The van der Waals surface area contributed by atoms with Gasteiger partial charge in [-0.3, -0.25) is 4.79 Å². The molecule has 0 spiro atoms. The Morgan fingerprint density at radius 3 is 2.03 bits per heavy atom. The fraction of sp³-hybridized carbons (Fsp3) is 0.500. The van der Waals surface area contributed by atoms with Gasteiger partial charge in [0.1, 0.15) is 6.61 Å². The van der Waals surface area contributed by atoms with Crippen molar-refractivity contribution in [3.63, 3.8) is 0 Å². The van der Waals surface area contributed by atoms with E-state index in [9.17, 15) is 41.0 Å². The third kappa shape index (κ3) is 5.99. The summed E-state index contributed by atoms with van der Waals surface area (Å²) in [5, 5.41) is 9.64. The smallest absolute Gasteiger partial charge is 0.416 e. The summed E-state index contributed by atoms with van der Waals surface area (Å²) in [4.78, 5) is 24.1. The molecule has 1 atom stereocenters. The summed E-state index contributed by atoms with van der Waals surface area (Å²) in [5.41, 5.74) is -6.42. The van der Waals surface area contributed by atoms with E-state index in [2.05, 4.69) is 0 Å². The van der Waals surface area contributed by atoms with E-state index in [1.54, 1.807) is 20.8 Å². The molecule has 1 fully saturated rings. The summed E-state index contributed by atoms with van der Waals surface area (Å²) in [7, 11) is 0. The van der Waals surface area contributed by atoms with Crippen LogP contribution in [0.25, 0.3) is 6.08 Å². The zero-order valence-electron chi connectivity index (χ0n) is 16.8. The number of ether oxygens (including phenoxy) is 2. The van der Waals surface area contributed by atoms with Crippen molar-refractivity contribution in [2.24, 2.45) is 5.41 Å². The lowest BCUT2D eigenvalue weighted by molar-refractivity contribution is -0.171. The first-order valence-electron chi connectivity index (χ1n) is 8.98. The average molecular weight is 454 g/mol. The predicted octanol–water partition coefficient (Wildman–Crippen LogP) is 4.37. The van der Waals surface area contributed by atoms with Crippen molar-refractivity contribution in [2.75, 3.05) is 13.2 Å². The Bertz CT molecular complexity index is 863. The first-order valence-corrected chi connectivity index (χ1v) is 8.98. The van der Waals surface area contributed by atoms with Crippen molar-refractivity contribution in [3.8, 4) is 0 Å². The number of aliphatic hydroxyl groups excluding tert-OH is 1. The average Bonchev–Trinajstić information content (AvgIpc) is 2.93. The van der Waals surface area contributed by atoms with Gasteiger partial charge in [0.25, 0.3) is 0 Å². The maximum Gasteiger partial charge on any atom is 0.416 e. The molecule has 1 unspecified atom stereocenters. The Kier molecular flexibility index (Phi) is 6.52. The molecular formula is C20H20F6O5. The predicted molar refractivity (Wildman–Crippen MR) is 95.4 cm³/mol. The zero-order valence-corrected chi connectivity index (χ0v) is 16.8. The van der Waals surface area contributed by atoms with Gasteiger partial charge in [0.2, 0.25) is 0 Å². The van der Waals surface area contributed by atoms with E-state index >= 15 is 0 Å². The Labute approximate surface area is 173 Å². The Morgan fingerprint density at radius 2 is 1.61 bits per heavy atom. The van der Waals surface area contributed by atoms with E-state index in [4.69, 9.17) is 9.47 Å². The first kappa shape index (κ1) is 24.7. The zero-order chi connectivity index (χ0) is 23.8. The van der Waals surface area contributed by atoms with Gasteiger partial charge in [0, 0.05) is 12.0 Å². The molecule has 0 amide bonds. The van der Waals surface area contributed by atoms with Crippen LogP contribution in [0.5, 0.6) is 0 Å². The van der Waals surface area contributed by atoms with Crippen LogP contribution in [0, 0.1) is 5.41 Å². The van der Waals surface area contributed by atoms with Gasteiger partial charge in [-0.05, 0) is 50.6 Å². The van der Waals surface area contributed by atoms with Gasteiger partial charge in [0.05, 0.1) is 23.1 Å². The van der Waals surface area contributed by atoms with E-state index < -0.39 is 65.2 Å². The number of hydrogen-bond donors (Lipinski definition) is 1. The number of cyclic esters (lactones) is 1. The Morgan fingerprint density at radius 1 is 1.10 bits per heavy atom. The summed E-state index contributed by atoms with van der Waals surface area (Å²) in [6, 6.07) is 0.904. The molecule has 1 aliphatic heterocycles. The molecule has 0 radical (unpaired) electrons. The van der Waals surface area contributed by atoms with Crippen LogP contribution in [0.2, 0.25) is 0 Å². The number of esters is 2. The standard InChI is InChI=1S/C20H20F6O5/c1-17(2,3)16(29)30-10-18(9-27)8-12(15(28)31-18)4-11-5-13(19(21,22)23)7-14(6-11)20(24,25)26/h4-7,27H,8-10H2,1-3H3/b12-4+. The molecule has 1 saturated heterocycles. The topological polar surface area (TPSA) is 72.8 Å². The maximum absolute atomic E-state index is 13.0. The number of hydrogen-bond acceptors (Lipinski definition) is 5. The number of alkyl halides is 6. The minimum atomic E-state index is -5.04. The number of rotatable bonds is 4. The molecule has 5 nitrogen and oxygen atoms in total. The highest BCUT2D eigenvalue weighted by Gasteiger charge is 2.45. The minimum Gasteiger partial charge on any atom is -0.461 e. The van der Waals surface area contributed by atoms with Crippen LogP contribution in [-0.4, -0.2) is 35.9 Å². The van der Waals surface area contributed by atoms with Crippen LogP contribution in [0.4, 0.5) is 26.3 Å². The van der Waals surface area contributed by atoms with Gasteiger partial charge in [-0.25, -0.2) is 4.79 Å². The van der Waals surface area contributed by atoms with Gasteiger partial charge in [-0.15, -0.1) is 0 Å². The lowest BCUT2D eigenvalue weighted by atomic mass is 9.95. The van der Waals surface area contributed by atoms with Crippen molar-refractivity contribution in [1.29, 1.82) is 0 Å². The second kappa shape index (κ2) is 8.18. The van der Waals surface area contributed by atoms with Crippen LogP contribution in [0.1, 0.15) is 43.9 Å². The maximum atomic E-state index is 13.0. The number of carbonyl (C=O) groups is 2. The summed E-state index contributed by atoms with van der Waals surface area (Å²) < 4.78 is 88.2. The second-order valence-corrected chi connectivity index (χ2v) is 8.24. The molecule has 0 saturated carbocycles. The molecule has 0 aliphatic carbocycles. The van der Waals surface area contributed by atoms with Gasteiger partial charge in [0.15, 0.2) is 5.60 Å². The molecule has 31 heavy (non-hydrogen) atoms. The van der Waals surface area contributed by atoms with E-state index in [-0.39, 0.29) is 18.1 Å². The quantitative estimate of drug-likeness (QED) is 0.416. The van der Waals surface area contributed by atoms with E-state index in [0.717, 1.165) is 6.08 Å². The van der Waals surface area contributed by atoms with E-state index in [1.807, 2.05) is 0 Å². The lowest BCUT2D eigenvalue weighted by Gasteiger charge is -2.26. The van der Waals surface area contributed by atoms with Crippen LogP contribution < -0.4 is 0 Å². The molecule has 1 aromatic carbocycles. The third-order valence-corrected chi connectivity index (χ3v) is 4.40. The summed E-state index contributed by atoms with van der Waals surface area (Å²) in [6.07, 6.45) is -9.63. The van der Waals surface area contributed by atoms with E-state index in [0.29, 0.717) is 12.1 Å². The van der Waals surface area contributed by atoms with Crippen LogP contribution >= 0.6 is 0 Å². The lowest BCUT2D eigenvalue weighted by Crippen LogP contribution is -2.40. The normalized spacial score (nSPS) is 21.4. The fourth-order valence-corrected chi connectivity index (χ4v) is 2.72. The highest BCUT2D eigenvalue weighted by atomic mass is 19.4. The Balaban J connectivity index is 2.37. The summed E-state index contributed by atoms with van der Waals surface area (Å²) in [6.45, 7) is 3.40. The number of carbonyl (C=O) groups excluding carboxylic acids is 2. The summed E-state index contributed by atoms with van der Waals surface area (Å²) >= 11 is 0.